The zero-order valence-electron chi connectivity index (χ0n) is 15.3. The van der Waals surface area contributed by atoms with Gasteiger partial charge in [-0.05, 0) is 48.4 Å². The van der Waals surface area contributed by atoms with E-state index >= 15 is 0 Å². The minimum Gasteiger partial charge on any atom is -0.503 e. The largest absolute Gasteiger partial charge is 0.503 e. The number of benzene rings is 2. The molecule has 3 rings (SSSR count). The van der Waals surface area contributed by atoms with Crippen LogP contribution in [-0.2, 0) is 11.3 Å². The molecule has 0 aromatic heterocycles. The predicted molar refractivity (Wildman–Crippen MR) is 116 cm³/mol. The predicted octanol–water partition coefficient (Wildman–Crippen LogP) is 4.85. The van der Waals surface area contributed by atoms with Crippen LogP contribution in [0.5, 0.6) is 17.2 Å². The molecule has 0 saturated carbocycles. The molecule has 2 aromatic carbocycles. The minimum atomic E-state index is -0.173. The number of carbonyl (C=O) groups is 1. The number of ether oxygens (including phenoxy) is 2. The average Bonchev–Trinajstić information content (AvgIpc) is 2.94. The zero-order valence-corrected chi connectivity index (χ0v) is 17.7. The third-order valence-electron chi connectivity index (χ3n) is 4.02. The fourth-order valence-electron chi connectivity index (χ4n) is 2.64. The average molecular weight is 436 g/mol. The van der Waals surface area contributed by atoms with E-state index in [0.29, 0.717) is 27.9 Å². The van der Waals surface area contributed by atoms with Gasteiger partial charge in [-0.3, -0.25) is 9.69 Å². The van der Waals surface area contributed by atoms with E-state index in [0.717, 1.165) is 11.3 Å². The van der Waals surface area contributed by atoms with E-state index in [9.17, 15) is 9.90 Å². The number of thioether (sulfide) groups is 1. The molecule has 1 heterocycles. The summed E-state index contributed by atoms with van der Waals surface area (Å²) in [6, 6.07) is 10.7. The van der Waals surface area contributed by atoms with Gasteiger partial charge in [-0.1, -0.05) is 47.7 Å². The van der Waals surface area contributed by atoms with Gasteiger partial charge in [-0.2, -0.15) is 0 Å². The van der Waals surface area contributed by atoms with Gasteiger partial charge in [0.1, 0.15) is 10.1 Å². The lowest BCUT2D eigenvalue weighted by molar-refractivity contribution is -0.122. The zero-order chi connectivity index (χ0) is 20.3. The van der Waals surface area contributed by atoms with E-state index in [2.05, 4.69) is 0 Å². The lowest BCUT2D eigenvalue weighted by Crippen LogP contribution is -2.27. The first kappa shape index (κ1) is 20.5. The third kappa shape index (κ3) is 4.43. The molecule has 1 amide bonds. The Balaban J connectivity index is 1.82. The van der Waals surface area contributed by atoms with Gasteiger partial charge in [0.2, 0.25) is 0 Å². The fourth-order valence-corrected chi connectivity index (χ4v) is 4.12. The monoisotopic (exact) mass is 435 g/mol. The van der Waals surface area contributed by atoms with Gasteiger partial charge in [0.25, 0.3) is 5.91 Å². The smallest absolute Gasteiger partial charge is 0.266 e. The minimum absolute atomic E-state index is 0.118. The molecule has 0 spiro atoms. The lowest BCUT2D eigenvalue weighted by atomic mass is 10.1. The van der Waals surface area contributed by atoms with Crippen molar-refractivity contribution in [3.8, 4) is 17.2 Å². The number of hydrogen-bond donors (Lipinski definition) is 1. The van der Waals surface area contributed by atoms with Crippen molar-refractivity contribution < 1.29 is 19.4 Å². The van der Waals surface area contributed by atoms with Gasteiger partial charge in [0.05, 0.1) is 30.2 Å². The second kappa shape index (κ2) is 8.86. The number of carbonyl (C=O) groups excluding carboxylic acids is 1. The Labute approximate surface area is 177 Å². The first-order chi connectivity index (χ1) is 13.4. The molecule has 0 atom stereocenters. The van der Waals surface area contributed by atoms with Crippen molar-refractivity contribution in [3.05, 3.63) is 57.5 Å². The van der Waals surface area contributed by atoms with Crippen LogP contribution in [0.2, 0.25) is 5.02 Å². The summed E-state index contributed by atoms with van der Waals surface area (Å²) in [7, 11) is 1.61. The van der Waals surface area contributed by atoms with E-state index in [-0.39, 0.29) is 22.4 Å². The highest BCUT2D eigenvalue weighted by atomic mass is 35.5. The Hall–Kier alpha value is -2.22. The van der Waals surface area contributed by atoms with Crippen LogP contribution >= 0.6 is 35.6 Å². The molecule has 0 radical (unpaired) electrons. The second-order valence-electron chi connectivity index (χ2n) is 5.90. The molecule has 146 valence electrons. The first-order valence-electron chi connectivity index (χ1n) is 8.46. The Morgan fingerprint density at radius 3 is 2.64 bits per heavy atom. The highest BCUT2D eigenvalue weighted by molar-refractivity contribution is 8.26. The summed E-state index contributed by atoms with van der Waals surface area (Å²) < 4.78 is 11.0. The third-order valence-corrected chi connectivity index (χ3v) is 5.69. The Morgan fingerprint density at radius 2 is 2.00 bits per heavy atom. The first-order valence-corrected chi connectivity index (χ1v) is 10.1. The van der Waals surface area contributed by atoms with Gasteiger partial charge in [-0.15, -0.1) is 0 Å². The summed E-state index contributed by atoms with van der Waals surface area (Å²) in [5, 5.41) is 10.1. The van der Waals surface area contributed by atoms with Gasteiger partial charge in [0.15, 0.2) is 11.5 Å². The van der Waals surface area contributed by atoms with Gasteiger partial charge in [-0.25, -0.2) is 0 Å². The maximum Gasteiger partial charge on any atom is 0.266 e. The summed E-state index contributed by atoms with van der Waals surface area (Å²) >= 11 is 12.7. The van der Waals surface area contributed by atoms with Crippen LogP contribution in [-0.4, -0.2) is 34.0 Å². The van der Waals surface area contributed by atoms with Crippen molar-refractivity contribution in [2.75, 3.05) is 13.7 Å². The van der Waals surface area contributed by atoms with E-state index < -0.39 is 0 Å². The molecule has 2 aromatic rings. The quantitative estimate of drug-likeness (QED) is 0.516. The van der Waals surface area contributed by atoms with Crippen LogP contribution in [0.25, 0.3) is 6.08 Å². The van der Waals surface area contributed by atoms with Crippen LogP contribution in [0.3, 0.4) is 0 Å². The summed E-state index contributed by atoms with van der Waals surface area (Å²) in [6.45, 7) is 2.58. The molecule has 0 bridgehead atoms. The molecular weight excluding hydrogens is 418 g/mol. The molecule has 0 unspecified atom stereocenters. The number of nitrogens with zero attached hydrogens (tertiary/aromatic N) is 1. The summed E-state index contributed by atoms with van der Waals surface area (Å²) in [6.07, 6.45) is 1.70. The molecule has 1 aliphatic heterocycles. The standard InChI is InChI=1S/C20H18ClNO4S2/c1-3-26-16-9-13(8-15(21)18(16)23)10-17-19(24)22(20(27)28-17)11-12-4-6-14(25-2)7-5-12/h4-10,23H,3,11H2,1-2H3. The number of methoxy groups -OCH3 is 1. The number of aromatic hydroxyl groups is 1. The van der Waals surface area contributed by atoms with E-state index in [1.54, 1.807) is 30.2 Å². The highest BCUT2D eigenvalue weighted by Gasteiger charge is 2.32. The number of halogens is 1. The maximum absolute atomic E-state index is 12.8. The molecule has 1 saturated heterocycles. The topological polar surface area (TPSA) is 59.0 Å². The Kier molecular flexibility index (Phi) is 6.49. The Bertz CT molecular complexity index is 944. The van der Waals surface area contributed by atoms with Gasteiger partial charge < -0.3 is 14.6 Å². The van der Waals surface area contributed by atoms with Crippen molar-refractivity contribution in [1.29, 1.82) is 0 Å². The van der Waals surface area contributed by atoms with Crippen LogP contribution in [0.1, 0.15) is 18.1 Å². The fraction of sp³-hybridized carbons (Fsp3) is 0.200. The molecule has 1 fully saturated rings. The molecular formula is C20H18ClNO4S2. The molecule has 1 aliphatic rings. The number of rotatable bonds is 6. The number of thiocarbonyl (C=S) groups is 1. The summed E-state index contributed by atoms with van der Waals surface area (Å²) in [4.78, 5) is 14.9. The van der Waals surface area contributed by atoms with E-state index in [1.807, 2.05) is 31.2 Å². The number of hydrogen-bond acceptors (Lipinski definition) is 6. The summed E-state index contributed by atoms with van der Waals surface area (Å²) in [5.41, 5.74) is 1.60. The maximum atomic E-state index is 12.8. The molecule has 28 heavy (non-hydrogen) atoms. The molecule has 8 heteroatoms. The summed E-state index contributed by atoms with van der Waals surface area (Å²) in [5.74, 6) is 0.735. The highest BCUT2D eigenvalue weighted by Crippen LogP contribution is 2.38. The van der Waals surface area contributed by atoms with E-state index in [4.69, 9.17) is 33.3 Å². The SMILES string of the molecule is CCOc1cc(C=C2SC(=S)N(Cc3ccc(OC)cc3)C2=O)cc(Cl)c1O. The van der Waals surface area contributed by atoms with E-state index in [1.165, 1.54) is 11.8 Å². The Morgan fingerprint density at radius 1 is 1.29 bits per heavy atom. The van der Waals surface area contributed by atoms with Crippen molar-refractivity contribution in [3.63, 3.8) is 0 Å². The van der Waals surface area contributed by atoms with Crippen molar-refractivity contribution in [2.45, 2.75) is 13.5 Å². The lowest BCUT2D eigenvalue weighted by Gasteiger charge is -2.14. The van der Waals surface area contributed by atoms with Crippen molar-refractivity contribution in [1.82, 2.24) is 4.90 Å². The molecule has 5 nitrogen and oxygen atoms in total. The van der Waals surface area contributed by atoms with Crippen molar-refractivity contribution in [2.24, 2.45) is 0 Å². The van der Waals surface area contributed by atoms with Crippen molar-refractivity contribution >= 4 is 51.9 Å². The van der Waals surface area contributed by atoms with Crippen LogP contribution in [0, 0.1) is 0 Å². The number of phenolic OH excluding ortho intramolecular Hbond substituents is 1. The molecule has 0 aliphatic carbocycles. The van der Waals surface area contributed by atoms with Crippen LogP contribution in [0.4, 0.5) is 0 Å². The van der Waals surface area contributed by atoms with Crippen LogP contribution in [0.15, 0.2) is 41.3 Å². The van der Waals surface area contributed by atoms with Crippen LogP contribution < -0.4 is 9.47 Å². The van der Waals surface area contributed by atoms with Gasteiger partial charge in [0, 0.05) is 0 Å². The molecule has 1 N–H and O–H groups in total. The normalized spacial score (nSPS) is 15.4. The number of phenols is 1. The van der Waals surface area contributed by atoms with Gasteiger partial charge >= 0.3 is 0 Å². The number of amides is 1. The second-order valence-corrected chi connectivity index (χ2v) is 7.98.